The summed E-state index contributed by atoms with van der Waals surface area (Å²) in [6.07, 6.45) is 10.3. The summed E-state index contributed by atoms with van der Waals surface area (Å²) in [7, 11) is 0. The Kier molecular flexibility index (Phi) is 5.71. The van der Waals surface area contributed by atoms with Gasteiger partial charge in [-0.1, -0.05) is 59.8 Å². The Hall–Kier alpha value is 0. The van der Waals surface area contributed by atoms with Gasteiger partial charge in [0, 0.05) is 0 Å². The summed E-state index contributed by atoms with van der Waals surface area (Å²) in [5.74, 6) is 4.10. The smallest absolute Gasteiger partial charge is 0.0383 e. The Balaban J connectivity index is 1.94. The Morgan fingerprint density at radius 3 is 2.27 bits per heavy atom. The first-order valence-corrected chi connectivity index (χ1v) is 7.13. The van der Waals surface area contributed by atoms with E-state index in [1.165, 1.54) is 38.5 Å². The van der Waals surface area contributed by atoms with Crippen molar-refractivity contribution in [2.45, 2.75) is 72.6 Å². The molecule has 1 saturated carbocycles. The molecule has 1 aliphatic rings. The standard InChI is InChI=1S/C15H30/c1-5-13(4)9-10-15-11-14(15)8-6-7-12(2)3/h12-15H,5-11H2,1-4H3. The summed E-state index contributed by atoms with van der Waals surface area (Å²) < 4.78 is 0. The molecule has 0 spiro atoms. The van der Waals surface area contributed by atoms with E-state index in [0.717, 1.165) is 23.7 Å². The molecule has 0 amide bonds. The number of hydrogen-bond acceptors (Lipinski definition) is 0. The van der Waals surface area contributed by atoms with Gasteiger partial charge in [-0.2, -0.15) is 0 Å². The van der Waals surface area contributed by atoms with Crippen LogP contribution in [-0.4, -0.2) is 0 Å². The molecule has 3 unspecified atom stereocenters. The lowest BCUT2D eigenvalue weighted by molar-refractivity contribution is 0.451. The first-order valence-electron chi connectivity index (χ1n) is 7.13. The highest BCUT2D eigenvalue weighted by Crippen LogP contribution is 2.46. The van der Waals surface area contributed by atoms with Crippen LogP contribution in [0, 0.1) is 23.7 Å². The van der Waals surface area contributed by atoms with Gasteiger partial charge < -0.3 is 0 Å². The molecule has 15 heavy (non-hydrogen) atoms. The Morgan fingerprint density at radius 1 is 1.00 bits per heavy atom. The monoisotopic (exact) mass is 210 g/mol. The molecule has 3 atom stereocenters. The van der Waals surface area contributed by atoms with Gasteiger partial charge in [0.25, 0.3) is 0 Å². The van der Waals surface area contributed by atoms with E-state index >= 15 is 0 Å². The van der Waals surface area contributed by atoms with Gasteiger partial charge in [-0.25, -0.2) is 0 Å². The van der Waals surface area contributed by atoms with Gasteiger partial charge in [-0.05, 0) is 36.5 Å². The third-order valence-corrected chi connectivity index (χ3v) is 4.15. The molecule has 0 radical (unpaired) electrons. The van der Waals surface area contributed by atoms with E-state index in [-0.39, 0.29) is 0 Å². The first-order chi connectivity index (χ1) is 7.13. The average Bonchev–Trinajstić information content (AvgIpc) is 2.92. The zero-order chi connectivity index (χ0) is 11.3. The van der Waals surface area contributed by atoms with Gasteiger partial charge >= 0.3 is 0 Å². The molecule has 0 aromatic carbocycles. The van der Waals surface area contributed by atoms with Crippen LogP contribution in [0.1, 0.15) is 72.6 Å². The van der Waals surface area contributed by atoms with Gasteiger partial charge in [0.05, 0.1) is 0 Å². The van der Waals surface area contributed by atoms with Crippen LogP contribution in [0.2, 0.25) is 0 Å². The van der Waals surface area contributed by atoms with Gasteiger partial charge in [0.15, 0.2) is 0 Å². The third-order valence-electron chi connectivity index (χ3n) is 4.15. The van der Waals surface area contributed by atoms with E-state index in [9.17, 15) is 0 Å². The van der Waals surface area contributed by atoms with E-state index in [4.69, 9.17) is 0 Å². The SMILES string of the molecule is CCC(C)CCC1CC1CCCC(C)C. The molecule has 0 heterocycles. The molecule has 0 aliphatic heterocycles. The summed E-state index contributed by atoms with van der Waals surface area (Å²) >= 11 is 0. The largest absolute Gasteiger partial charge is 0.0651 e. The van der Waals surface area contributed by atoms with Crippen LogP contribution in [0.25, 0.3) is 0 Å². The molecule has 1 fully saturated rings. The van der Waals surface area contributed by atoms with Crippen LogP contribution in [0.15, 0.2) is 0 Å². The van der Waals surface area contributed by atoms with Gasteiger partial charge in [0.2, 0.25) is 0 Å². The lowest BCUT2D eigenvalue weighted by atomic mass is 9.99. The van der Waals surface area contributed by atoms with Crippen molar-refractivity contribution in [3.8, 4) is 0 Å². The normalized spacial score (nSPS) is 27.0. The average molecular weight is 210 g/mol. The topological polar surface area (TPSA) is 0 Å². The highest BCUT2D eigenvalue weighted by molar-refractivity contribution is 4.86. The Morgan fingerprint density at radius 2 is 1.67 bits per heavy atom. The maximum atomic E-state index is 2.40. The van der Waals surface area contributed by atoms with Gasteiger partial charge in [-0.3, -0.25) is 0 Å². The molecule has 90 valence electrons. The predicted molar refractivity (Wildman–Crippen MR) is 69.0 cm³/mol. The van der Waals surface area contributed by atoms with E-state index < -0.39 is 0 Å². The summed E-state index contributed by atoms with van der Waals surface area (Å²) in [6, 6.07) is 0. The first kappa shape index (κ1) is 13.1. The zero-order valence-corrected chi connectivity index (χ0v) is 11.3. The molecule has 0 aromatic heterocycles. The summed E-state index contributed by atoms with van der Waals surface area (Å²) in [4.78, 5) is 0. The van der Waals surface area contributed by atoms with Crippen molar-refractivity contribution >= 4 is 0 Å². The van der Waals surface area contributed by atoms with E-state index in [1.807, 2.05) is 0 Å². The molecule has 0 N–H and O–H groups in total. The summed E-state index contributed by atoms with van der Waals surface area (Å²) in [5.41, 5.74) is 0. The quantitative estimate of drug-likeness (QED) is 0.511. The molecule has 0 saturated heterocycles. The van der Waals surface area contributed by atoms with Crippen molar-refractivity contribution in [3.63, 3.8) is 0 Å². The Labute approximate surface area is 96.8 Å². The maximum Gasteiger partial charge on any atom is -0.0383 e. The highest BCUT2D eigenvalue weighted by Gasteiger charge is 2.35. The Bertz CT molecular complexity index is 159. The minimum Gasteiger partial charge on any atom is -0.0651 e. The minimum atomic E-state index is 0.905. The number of hydrogen-bond donors (Lipinski definition) is 0. The van der Waals surface area contributed by atoms with Crippen molar-refractivity contribution in [3.05, 3.63) is 0 Å². The van der Waals surface area contributed by atoms with Crippen molar-refractivity contribution in [2.24, 2.45) is 23.7 Å². The fraction of sp³-hybridized carbons (Fsp3) is 1.00. The molecular formula is C15H30. The van der Waals surface area contributed by atoms with Crippen LogP contribution in [0.5, 0.6) is 0 Å². The molecule has 0 heteroatoms. The van der Waals surface area contributed by atoms with Crippen molar-refractivity contribution in [1.29, 1.82) is 0 Å². The molecule has 0 bridgehead atoms. The second-order valence-corrected chi connectivity index (χ2v) is 6.17. The molecule has 1 aliphatic carbocycles. The van der Waals surface area contributed by atoms with E-state index in [2.05, 4.69) is 27.7 Å². The lowest BCUT2D eigenvalue weighted by Crippen LogP contribution is -1.94. The number of rotatable bonds is 8. The second-order valence-electron chi connectivity index (χ2n) is 6.17. The fourth-order valence-corrected chi connectivity index (χ4v) is 2.51. The van der Waals surface area contributed by atoms with Crippen LogP contribution in [0.4, 0.5) is 0 Å². The highest BCUT2D eigenvalue weighted by atomic mass is 14.4. The van der Waals surface area contributed by atoms with Crippen LogP contribution in [0.3, 0.4) is 0 Å². The van der Waals surface area contributed by atoms with E-state index in [0.29, 0.717) is 0 Å². The van der Waals surface area contributed by atoms with Crippen molar-refractivity contribution in [2.75, 3.05) is 0 Å². The molecular weight excluding hydrogens is 180 g/mol. The lowest BCUT2D eigenvalue weighted by Gasteiger charge is -2.07. The molecule has 0 nitrogen and oxygen atoms in total. The van der Waals surface area contributed by atoms with Crippen molar-refractivity contribution in [1.82, 2.24) is 0 Å². The van der Waals surface area contributed by atoms with Gasteiger partial charge in [0.1, 0.15) is 0 Å². The van der Waals surface area contributed by atoms with Gasteiger partial charge in [-0.15, -0.1) is 0 Å². The molecule has 0 aromatic rings. The van der Waals surface area contributed by atoms with Crippen LogP contribution >= 0.6 is 0 Å². The maximum absolute atomic E-state index is 2.40. The van der Waals surface area contributed by atoms with E-state index in [1.54, 1.807) is 6.42 Å². The summed E-state index contributed by atoms with van der Waals surface area (Å²) in [5, 5.41) is 0. The van der Waals surface area contributed by atoms with Crippen molar-refractivity contribution < 1.29 is 0 Å². The summed E-state index contributed by atoms with van der Waals surface area (Å²) in [6.45, 7) is 9.40. The predicted octanol–water partition coefficient (Wildman–Crippen LogP) is 5.28. The molecule has 1 rings (SSSR count). The fourth-order valence-electron chi connectivity index (χ4n) is 2.51. The second kappa shape index (κ2) is 6.55. The zero-order valence-electron chi connectivity index (χ0n) is 11.3. The van der Waals surface area contributed by atoms with Crippen LogP contribution < -0.4 is 0 Å². The third kappa shape index (κ3) is 5.58. The minimum absolute atomic E-state index is 0.905. The van der Waals surface area contributed by atoms with Crippen LogP contribution in [-0.2, 0) is 0 Å².